The Morgan fingerprint density at radius 3 is 1.68 bits per heavy atom. The molecule has 9 aromatic rings. The maximum atomic E-state index is 5.35. The highest BCUT2D eigenvalue weighted by atomic mass is 15.2. The average molecular weight is 601 g/mol. The van der Waals surface area contributed by atoms with Crippen molar-refractivity contribution in [3.8, 4) is 56.3 Å². The topological polar surface area (TPSA) is 43.1 Å². The summed E-state index contributed by atoms with van der Waals surface area (Å²) >= 11 is 0. The predicted molar refractivity (Wildman–Crippen MR) is 193 cm³/mol. The summed E-state index contributed by atoms with van der Waals surface area (Å²) in [6.45, 7) is 0. The minimum atomic E-state index is 0.720. The van der Waals surface area contributed by atoms with Crippen LogP contribution in [0.5, 0.6) is 0 Å². The molecule has 4 heteroatoms. The lowest BCUT2D eigenvalue weighted by Crippen LogP contribution is -1.97. The largest absolute Gasteiger partial charge is 0.231 e. The van der Waals surface area contributed by atoms with E-state index in [1.807, 2.05) is 36.4 Å². The van der Waals surface area contributed by atoms with Gasteiger partial charge in [0.2, 0.25) is 0 Å². The average Bonchev–Trinajstić information content (AvgIpc) is 3.56. The molecule has 3 aromatic heterocycles. The second-order valence-corrected chi connectivity index (χ2v) is 11.7. The van der Waals surface area contributed by atoms with Crippen molar-refractivity contribution in [1.82, 2.24) is 19.6 Å². The van der Waals surface area contributed by atoms with Gasteiger partial charge in [-0.25, -0.2) is 14.5 Å². The first kappa shape index (κ1) is 27.0. The number of hydrogen-bond donors (Lipinski definition) is 0. The zero-order valence-electron chi connectivity index (χ0n) is 25.5. The Labute approximate surface area is 272 Å². The van der Waals surface area contributed by atoms with Gasteiger partial charge in [-0.15, -0.1) is 0 Å². The normalized spacial score (nSPS) is 11.4. The highest BCUT2D eigenvalue weighted by molar-refractivity contribution is 6.08. The Morgan fingerprint density at radius 1 is 0.404 bits per heavy atom. The molecule has 0 saturated heterocycles. The van der Waals surface area contributed by atoms with Gasteiger partial charge < -0.3 is 0 Å². The van der Waals surface area contributed by atoms with Gasteiger partial charge >= 0.3 is 0 Å². The zero-order valence-corrected chi connectivity index (χ0v) is 25.5. The SMILES string of the molecule is c1ccc(-c2nc(-c3ccc(-c4cc5ccccc5c5c(-c6ccccc6)c(-c6ccccc6)nn45)cc3)c3ccccc3n2)cc1. The fourth-order valence-electron chi connectivity index (χ4n) is 6.58. The highest BCUT2D eigenvalue weighted by Crippen LogP contribution is 2.41. The third-order valence-corrected chi connectivity index (χ3v) is 8.82. The van der Waals surface area contributed by atoms with Gasteiger partial charge in [-0.2, -0.15) is 5.10 Å². The first-order chi connectivity index (χ1) is 23.3. The smallest absolute Gasteiger partial charge is 0.160 e. The molecule has 4 nitrogen and oxygen atoms in total. The molecule has 0 saturated carbocycles. The Hall–Kier alpha value is -6.39. The molecular formula is C43H28N4. The Bertz CT molecular complexity index is 2540. The van der Waals surface area contributed by atoms with Crippen molar-refractivity contribution in [2.24, 2.45) is 0 Å². The highest BCUT2D eigenvalue weighted by Gasteiger charge is 2.21. The van der Waals surface area contributed by atoms with Crippen LogP contribution in [0.1, 0.15) is 0 Å². The van der Waals surface area contributed by atoms with Gasteiger partial charge in [0.25, 0.3) is 0 Å². The molecule has 0 bridgehead atoms. The zero-order chi connectivity index (χ0) is 31.2. The van der Waals surface area contributed by atoms with Crippen LogP contribution in [0.25, 0.3) is 83.5 Å². The van der Waals surface area contributed by atoms with E-state index in [4.69, 9.17) is 15.1 Å². The van der Waals surface area contributed by atoms with Crippen molar-refractivity contribution in [2.75, 3.05) is 0 Å². The van der Waals surface area contributed by atoms with E-state index in [1.165, 1.54) is 10.8 Å². The molecule has 220 valence electrons. The van der Waals surface area contributed by atoms with E-state index in [0.29, 0.717) is 0 Å². The van der Waals surface area contributed by atoms with Crippen molar-refractivity contribution < 1.29 is 0 Å². The van der Waals surface area contributed by atoms with Crippen LogP contribution < -0.4 is 0 Å². The van der Waals surface area contributed by atoms with E-state index in [2.05, 4.69) is 138 Å². The molecule has 0 spiro atoms. The summed E-state index contributed by atoms with van der Waals surface area (Å²) in [6, 6.07) is 59.0. The van der Waals surface area contributed by atoms with Crippen LogP contribution in [-0.4, -0.2) is 19.6 Å². The van der Waals surface area contributed by atoms with Crippen LogP contribution in [0, 0.1) is 0 Å². The first-order valence-electron chi connectivity index (χ1n) is 15.8. The van der Waals surface area contributed by atoms with Crippen molar-refractivity contribution in [2.45, 2.75) is 0 Å². The van der Waals surface area contributed by atoms with Crippen LogP contribution in [0.2, 0.25) is 0 Å². The maximum Gasteiger partial charge on any atom is 0.160 e. The summed E-state index contributed by atoms with van der Waals surface area (Å²) in [5.41, 5.74) is 11.4. The number of aromatic nitrogens is 4. The number of hydrogen-bond acceptors (Lipinski definition) is 3. The van der Waals surface area contributed by atoms with Gasteiger partial charge in [-0.05, 0) is 23.1 Å². The van der Waals surface area contributed by atoms with Gasteiger partial charge in [0.15, 0.2) is 5.82 Å². The lowest BCUT2D eigenvalue weighted by atomic mass is 9.96. The third-order valence-electron chi connectivity index (χ3n) is 8.82. The Morgan fingerprint density at radius 2 is 0.957 bits per heavy atom. The maximum absolute atomic E-state index is 5.35. The predicted octanol–water partition coefficient (Wildman–Crippen LogP) is 10.8. The van der Waals surface area contributed by atoms with Gasteiger partial charge in [0.05, 0.1) is 22.4 Å². The van der Waals surface area contributed by atoms with Crippen LogP contribution in [0.15, 0.2) is 170 Å². The van der Waals surface area contributed by atoms with Crippen LogP contribution in [0.4, 0.5) is 0 Å². The summed E-state index contributed by atoms with van der Waals surface area (Å²) in [6.07, 6.45) is 0. The molecule has 47 heavy (non-hydrogen) atoms. The van der Waals surface area contributed by atoms with Crippen molar-refractivity contribution >= 4 is 27.2 Å². The molecule has 0 radical (unpaired) electrons. The van der Waals surface area contributed by atoms with E-state index in [9.17, 15) is 0 Å². The van der Waals surface area contributed by atoms with Crippen LogP contribution in [-0.2, 0) is 0 Å². The molecule has 0 atom stereocenters. The first-order valence-corrected chi connectivity index (χ1v) is 15.8. The standard InChI is InChI=1S/C43H28N4/c1-4-14-30(15-5-1)39-41(31-16-6-2-7-17-31)46-47-38(28-34-20-10-11-21-35(34)42(39)47)29-24-26-32(27-25-29)40-36-22-12-13-23-37(36)44-43(45-40)33-18-8-3-9-19-33/h1-28H. The monoisotopic (exact) mass is 600 g/mol. The van der Waals surface area contributed by atoms with Gasteiger partial charge in [-0.3, -0.25) is 0 Å². The number of benzene rings is 6. The van der Waals surface area contributed by atoms with Gasteiger partial charge in [0, 0.05) is 38.6 Å². The molecule has 3 heterocycles. The summed E-state index contributed by atoms with van der Waals surface area (Å²) < 4.78 is 2.13. The third kappa shape index (κ3) is 4.66. The summed E-state index contributed by atoms with van der Waals surface area (Å²) in [5.74, 6) is 0.720. The van der Waals surface area contributed by atoms with Gasteiger partial charge in [0.1, 0.15) is 5.69 Å². The van der Waals surface area contributed by atoms with Crippen LogP contribution in [0.3, 0.4) is 0 Å². The lowest BCUT2D eigenvalue weighted by Gasteiger charge is -2.12. The minimum Gasteiger partial charge on any atom is -0.231 e. The second-order valence-electron chi connectivity index (χ2n) is 11.7. The van der Waals surface area contributed by atoms with Crippen molar-refractivity contribution in [3.05, 3.63) is 170 Å². The summed E-state index contributed by atoms with van der Waals surface area (Å²) in [4.78, 5) is 9.99. The van der Waals surface area contributed by atoms with Crippen molar-refractivity contribution in [1.29, 1.82) is 0 Å². The van der Waals surface area contributed by atoms with E-state index < -0.39 is 0 Å². The number of pyridine rings is 1. The minimum absolute atomic E-state index is 0.720. The second kappa shape index (κ2) is 11.2. The Kier molecular flexibility index (Phi) is 6.43. The molecule has 0 N–H and O–H groups in total. The quantitative estimate of drug-likeness (QED) is 0.197. The van der Waals surface area contributed by atoms with E-state index in [-0.39, 0.29) is 0 Å². The number of rotatable bonds is 5. The fraction of sp³-hybridized carbons (Fsp3) is 0. The number of fused-ring (bicyclic) bond motifs is 4. The van der Waals surface area contributed by atoms with Crippen molar-refractivity contribution in [3.63, 3.8) is 0 Å². The fourth-order valence-corrected chi connectivity index (χ4v) is 6.58. The molecule has 0 aliphatic rings. The molecule has 0 aliphatic heterocycles. The molecule has 0 unspecified atom stereocenters. The lowest BCUT2D eigenvalue weighted by molar-refractivity contribution is 0.979. The molecule has 0 fully saturated rings. The van der Waals surface area contributed by atoms with Crippen LogP contribution >= 0.6 is 0 Å². The molecular weight excluding hydrogens is 573 g/mol. The van der Waals surface area contributed by atoms with E-state index in [0.717, 1.165) is 72.7 Å². The number of nitrogens with zero attached hydrogens (tertiary/aromatic N) is 4. The van der Waals surface area contributed by atoms with E-state index >= 15 is 0 Å². The molecule has 0 aliphatic carbocycles. The summed E-state index contributed by atoms with van der Waals surface area (Å²) in [5, 5.41) is 8.72. The summed E-state index contributed by atoms with van der Waals surface area (Å²) in [7, 11) is 0. The molecule has 9 rings (SSSR count). The number of para-hydroxylation sites is 1. The molecule has 6 aromatic carbocycles. The molecule has 0 amide bonds. The van der Waals surface area contributed by atoms with E-state index in [1.54, 1.807) is 0 Å². The Balaban J connectivity index is 1.26. The van der Waals surface area contributed by atoms with Gasteiger partial charge in [-0.1, -0.05) is 158 Å².